The van der Waals surface area contributed by atoms with E-state index in [-0.39, 0.29) is 17.6 Å². The maximum Gasteiger partial charge on any atom is 0.270 e. The summed E-state index contributed by atoms with van der Waals surface area (Å²) >= 11 is 0. The first kappa shape index (κ1) is 15.5. The summed E-state index contributed by atoms with van der Waals surface area (Å²) in [5.41, 5.74) is 2.10. The molecule has 1 N–H and O–H groups in total. The highest BCUT2D eigenvalue weighted by atomic mass is 16.6. The lowest BCUT2D eigenvalue weighted by atomic mass is 10.1. The van der Waals surface area contributed by atoms with E-state index in [1.807, 2.05) is 13.8 Å². The molecule has 0 radical (unpaired) electrons. The van der Waals surface area contributed by atoms with Crippen LogP contribution in [0, 0.1) is 10.1 Å². The minimum atomic E-state index is -0.426. The zero-order valence-electron chi connectivity index (χ0n) is 13.2. The maximum absolute atomic E-state index is 11.1. The van der Waals surface area contributed by atoms with E-state index < -0.39 is 4.92 Å². The molecule has 0 saturated heterocycles. The molecule has 0 bridgehead atoms. The van der Waals surface area contributed by atoms with Gasteiger partial charge in [0.05, 0.1) is 41.5 Å². The first-order valence-corrected chi connectivity index (χ1v) is 7.63. The van der Waals surface area contributed by atoms with Gasteiger partial charge in [-0.05, 0) is 19.9 Å². The zero-order chi connectivity index (χ0) is 16.6. The maximum atomic E-state index is 11.1. The van der Waals surface area contributed by atoms with E-state index in [4.69, 9.17) is 4.74 Å². The highest BCUT2D eigenvalue weighted by Gasteiger charge is 2.24. The number of fused-ring (bicyclic) bond motifs is 1. The van der Waals surface area contributed by atoms with Crippen molar-refractivity contribution in [1.82, 2.24) is 4.57 Å². The molecule has 0 spiro atoms. The zero-order valence-corrected chi connectivity index (χ0v) is 13.2. The van der Waals surface area contributed by atoms with Gasteiger partial charge in [0.15, 0.2) is 0 Å². The Kier molecular flexibility index (Phi) is 4.04. The van der Waals surface area contributed by atoms with Gasteiger partial charge in [-0.15, -0.1) is 0 Å². The number of benzene rings is 1. The van der Waals surface area contributed by atoms with Crippen LogP contribution in [0.2, 0.25) is 0 Å². The van der Waals surface area contributed by atoms with Crippen molar-refractivity contribution >= 4 is 22.3 Å². The van der Waals surface area contributed by atoms with Gasteiger partial charge in [-0.3, -0.25) is 15.1 Å². The lowest BCUT2D eigenvalue weighted by Crippen LogP contribution is -2.04. The summed E-state index contributed by atoms with van der Waals surface area (Å²) in [5, 5.41) is 22.5. The summed E-state index contributed by atoms with van der Waals surface area (Å²) in [5.74, 6) is 0.108. The summed E-state index contributed by atoms with van der Waals surface area (Å²) in [6.07, 6.45) is 0.577. The quantitative estimate of drug-likeness (QED) is 0.696. The number of nitrogens with zero attached hydrogens (tertiary/aromatic N) is 3. The lowest BCUT2D eigenvalue weighted by Gasteiger charge is -2.11. The van der Waals surface area contributed by atoms with Crippen LogP contribution in [0.4, 0.5) is 5.69 Å². The van der Waals surface area contributed by atoms with Crippen LogP contribution in [0.1, 0.15) is 31.9 Å². The fourth-order valence-electron chi connectivity index (χ4n) is 3.01. The van der Waals surface area contributed by atoms with Gasteiger partial charge >= 0.3 is 0 Å². The van der Waals surface area contributed by atoms with Crippen molar-refractivity contribution in [1.29, 1.82) is 0 Å². The fraction of sp³-hybridized carbons (Fsp3) is 0.438. The van der Waals surface area contributed by atoms with Crippen LogP contribution >= 0.6 is 0 Å². The van der Waals surface area contributed by atoms with Crippen LogP contribution in [-0.2, 0) is 4.74 Å². The number of nitro groups is 1. The number of aromatic nitrogens is 1. The molecule has 7 nitrogen and oxygen atoms in total. The molecule has 1 aliphatic heterocycles. The van der Waals surface area contributed by atoms with Crippen molar-refractivity contribution in [2.24, 2.45) is 4.99 Å². The number of hydrogen-bond acceptors (Lipinski definition) is 5. The van der Waals surface area contributed by atoms with Gasteiger partial charge in [0.2, 0.25) is 5.88 Å². The minimum absolute atomic E-state index is 0.00475. The summed E-state index contributed by atoms with van der Waals surface area (Å²) in [6.45, 7) is 5.53. The number of aromatic hydroxyl groups is 1. The topological polar surface area (TPSA) is 89.9 Å². The molecule has 1 aromatic carbocycles. The molecule has 122 valence electrons. The minimum Gasteiger partial charge on any atom is -0.494 e. The molecule has 2 heterocycles. The summed E-state index contributed by atoms with van der Waals surface area (Å²) in [7, 11) is 0. The number of nitro benzene ring substituents is 1. The third-order valence-electron chi connectivity index (χ3n) is 4.00. The van der Waals surface area contributed by atoms with E-state index in [1.54, 1.807) is 10.6 Å². The largest absolute Gasteiger partial charge is 0.494 e. The predicted molar refractivity (Wildman–Crippen MR) is 87.5 cm³/mol. The highest BCUT2D eigenvalue weighted by molar-refractivity contribution is 6.13. The third-order valence-corrected chi connectivity index (χ3v) is 4.00. The molecular weight excluding hydrogens is 298 g/mol. The van der Waals surface area contributed by atoms with Crippen molar-refractivity contribution in [3.63, 3.8) is 0 Å². The molecule has 3 rings (SSSR count). The Morgan fingerprint density at radius 2 is 2.17 bits per heavy atom. The molecule has 1 aromatic heterocycles. The monoisotopic (exact) mass is 317 g/mol. The second-order valence-electron chi connectivity index (χ2n) is 5.81. The second-order valence-corrected chi connectivity index (χ2v) is 5.81. The number of aliphatic imine (C=N–C) groups is 1. The van der Waals surface area contributed by atoms with Gasteiger partial charge in [-0.2, -0.15) is 0 Å². The Balaban J connectivity index is 2.29. The van der Waals surface area contributed by atoms with E-state index >= 15 is 0 Å². The summed E-state index contributed by atoms with van der Waals surface area (Å²) in [6, 6.07) is 4.68. The van der Waals surface area contributed by atoms with Gasteiger partial charge in [0, 0.05) is 30.0 Å². The van der Waals surface area contributed by atoms with E-state index in [9.17, 15) is 15.2 Å². The molecule has 0 saturated carbocycles. The third kappa shape index (κ3) is 2.68. The molecule has 0 aliphatic carbocycles. The average Bonchev–Trinajstić information content (AvgIpc) is 2.66. The van der Waals surface area contributed by atoms with Crippen LogP contribution < -0.4 is 0 Å². The molecular formula is C16H19N3O4. The van der Waals surface area contributed by atoms with E-state index in [1.165, 1.54) is 12.1 Å². The highest BCUT2D eigenvalue weighted by Crippen LogP contribution is 2.37. The summed E-state index contributed by atoms with van der Waals surface area (Å²) < 4.78 is 7.18. The summed E-state index contributed by atoms with van der Waals surface area (Å²) in [4.78, 5) is 15.2. The number of non-ortho nitro benzene ring substituents is 1. The van der Waals surface area contributed by atoms with Crippen LogP contribution in [-0.4, -0.2) is 40.1 Å². The standard InChI is InChI=1S/C16H19N3O4/c1-10(2)18-14-4-3-11(19(21)22)9-12(14)15(16(18)20)13-5-7-23-8-6-17-13/h3-4,9-10,20H,5-8H2,1-2H3. The smallest absolute Gasteiger partial charge is 0.270 e. The van der Waals surface area contributed by atoms with Gasteiger partial charge in [-0.1, -0.05) is 0 Å². The first-order valence-electron chi connectivity index (χ1n) is 7.63. The Bertz CT molecular complexity index is 792. The molecule has 0 fully saturated rings. The Hall–Kier alpha value is -2.41. The fourth-order valence-corrected chi connectivity index (χ4v) is 3.01. The first-order chi connectivity index (χ1) is 11.0. The van der Waals surface area contributed by atoms with Gasteiger partial charge in [-0.25, -0.2) is 0 Å². The van der Waals surface area contributed by atoms with E-state index in [0.29, 0.717) is 37.1 Å². The molecule has 23 heavy (non-hydrogen) atoms. The molecule has 1 aliphatic rings. The van der Waals surface area contributed by atoms with E-state index in [2.05, 4.69) is 4.99 Å². The van der Waals surface area contributed by atoms with Crippen molar-refractivity contribution in [2.45, 2.75) is 26.3 Å². The SMILES string of the molecule is CC(C)n1c(O)c(C2=NCCOCC2)c2cc([N+](=O)[O-])ccc21. The second kappa shape index (κ2) is 6.00. The van der Waals surface area contributed by atoms with Crippen molar-refractivity contribution < 1.29 is 14.8 Å². The lowest BCUT2D eigenvalue weighted by molar-refractivity contribution is -0.384. The molecule has 2 aromatic rings. The molecule has 7 heteroatoms. The van der Waals surface area contributed by atoms with Crippen molar-refractivity contribution in [3.8, 4) is 5.88 Å². The Labute approximate surface area is 133 Å². The number of ether oxygens (including phenoxy) is 1. The Morgan fingerprint density at radius 3 is 2.87 bits per heavy atom. The molecule has 0 atom stereocenters. The van der Waals surface area contributed by atoms with Crippen LogP contribution in [0.15, 0.2) is 23.2 Å². The van der Waals surface area contributed by atoms with Crippen molar-refractivity contribution in [2.75, 3.05) is 19.8 Å². The van der Waals surface area contributed by atoms with Crippen LogP contribution in [0.5, 0.6) is 5.88 Å². The number of rotatable bonds is 3. The van der Waals surface area contributed by atoms with Crippen LogP contribution in [0.3, 0.4) is 0 Å². The number of hydrogen-bond donors (Lipinski definition) is 1. The molecule has 0 amide bonds. The van der Waals surface area contributed by atoms with Crippen LogP contribution in [0.25, 0.3) is 10.9 Å². The Morgan fingerprint density at radius 1 is 1.39 bits per heavy atom. The normalized spacial score (nSPS) is 15.7. The van der Waals surface area contributed by atoms with E-state index in [0.717, 1.165) is 11.2 Å². The van der Waals surface area contributed by atoms with Gasteiger partial charge in [0.25, 0.3) is 5.69 Å². The average molecular weight is 317 g/mol. The predicted octanol–water partition coefficient (Wildman–Crippen LogP) is 3.05. The van der Waals surface area contributed by atoms with Crippen molar-refractivity contribution in [3.05, 3.63) is 33.9 Å². The molecule has 0 unspecified atom stereocenters. The van der Waals surface area contributed by atoms with Gasteiger partial charge < -0.3 is 14.4 Å². The van der Waals surface area contributed by atoms with Gasteiger partial charge in [0.1, 0.15) is 0 Å².